The van der Waals surface area contributed by atoms with E-state index in [-0.39, 0.29) is 0 Å². The van der Waals surface area contributed by atoms with E-state index in [0.717, 1.165) is 11.6 Å². The normalized spacial score (nSPS) is 15.2. The van der Waals surface area contributed by atoms with Crippen LogP contribution >= 0.6 is 0 Å². The first kappa shape index (κ1) is 8.47. The van der Waals surface area contributed by atoms with Crippen LogP contribution in [0, 0.1) is 0 Å². The second-order valence-corrected chi connectivity index (χ2v) is 3.74. The smallest absolute Gasteiger partial charge is 0.207 e. The highest BCUT2D eigenvalue weighted by Crippen LogP contribution is 2.24. The maximum absolute atomic E-state index is 4.30. The number of nitrogens with zero attached hydrogens (tertiary/aromatic N) is 3. The molecule has 2 aromatic heterocycles. The number of aromatic nitrogens is 3. The van der Waals surface area contributed by atoms with Gasteiger partial charge in [0.2, 0.25) is 5.95 Å². The first-order valence-corrected chi connectivity index (χ1v) is 5.14. The quantitative estimate of drug-likeness (QED) is 0.822. The van der Waals surface area contributed by atoms with E-state index in [1.807, 2.05) is 29.1 Å². The van der Waals surface area contributed by atoms with Gasteiger partial charge < -0.3 is 5.32 Å². The van der Waals surface area contributed by atoms with Crippen molar-refractivity contribution in [2.45, 2.75) is 18.9 Å². The molecule has 1 aliphatic carbocycles. The Morgan fingerprint density at radius 2 is 2.00 bits per heavy atom. The zero-order valence-electron chi connectivity index (χ0n) is 8.30. The summed E-state index contributed by atoms with van der Waals surface area (Å²) in [5.41, 5.74) is 1.09. The van der Waals surface area contributed by atoms with Gasteiger partial charge in [-0.15, -0.1) is 0 Å². The summed E-state index contributed by atoms with van der Waals surface area (Å²) < 4.78 is 2.04. The summed E-state index contributed by atoms with van der Waals surface area (Å²) in [6, 6.07) is 4.56. The Kier molecular flexibility index (Phi) is 1.91. The molecule has 3 rings (SSSR count). The Morgan fingerprint density at radius 1 is 1.20 bits per heavy atom. The molecule has 1 saturated carbocycles. The summed E-state index contributed by atoms with van der Waals surface area (Å²) in [7, 11) is 0. The van der Waals surface area contributed by atoms with Gasteiger partial charge in [-0.2, -0.15) is 0 Å². The molecular weight excluding hydrogens is 188 g/mol. The lowest BCUT2D eigenvalue weighted by Crippen LogP contribution is -2.07. The van der Waals surface area contributed by atoms with Crippen LogP contribution in [0.3, 0.4) is 0 Å². The first-order chi connectivity index (χ1) is 7.43. The van der Waals surface area contributed by atoms with E-state index in [4.69, 9.17) is 0 Å². The van der Waals surface area contributed by atoms with Crippen molar-refractivity contribution in [2.24, 2.45) is 0 Å². The van der Waals surface area contributed by atoms with Crippen LogP contribution in [0.25, 0.3) is 5.69 Å². The van der Waals surface area contributed by atoms with Gasteiger partial charge in [-0.25, -0.2) is 4.98 Å². The summed E-state index contributed by atoms with van der Waals surface area (Å²) in [6.07, 6.45) is 9.85. The first-order valence-electron chi connectivity index (χ1n) is 5.14. The van der Waals surface area contributed by atoms with Crippen LogP contribution in [0.15, 0.2) is 36.9 Å². The molecule has 1 fully saturated rings. The molecule has 2 heterocycles. The summed E-state index contributed by atoms with van der Waals surface area (Å²) in [4.78, 5) is 8.31. The zero-order valence-corrected chi connectivity index (χ0v) is 8.30. The minimum atomic E-state index is 0.619. The second kappa shape index (κ2) is 3.38. The average Bonchev–Trinajstić information content (AvgIpc) is 2.96. The lowest BCUT2D eigenvalue weighted by atomic mass is 10.4. The Morgan fingerprint density at radius 3 is 2.73 bits per heavy atom. The number of nitrogens with one attached hydrogen (secondary N) is 1. The molecule has 0 amide bonds. The summed E-state index contributed by atoms with van der Waals surface area (Å²) in [5, 5.41) is 3.39. The molecule has 0 aromatic carbocycles. The summed E-state index contributed by atoms with van der Waals surface area (Å²) >= 11 is 0. The number of anilines is 1. The van der Waals surface area contributed by atoms with E-state index in [2.05, 4.69) is 15.3 Å². The standard InChI is InChI=1S/C11H12N4/c1-2-9(1)14-11-13-7-8-15(11)10-3-5-12-6-4-10/h3-9H,1-2H2,(H,13,14). The molecule has 0 aliphatic heterocycles. The number of rotatable bonds is 3. The Hall–Kier alpha value is -1.84. The molecule has 1 N–H and O–H groups in total. The Bertz CT molecular complexity index is 445. The van der Waals surface area contributed by atoms with Crippen molar-refractivity contribution in [2.75, 3.05) is 5.32 Å². The van der Waals surface area contributed by atoms with Gasteiger partial charge in [0.25, 0.3) is 0 Å². The van der Waals surface area contributed by atoms with Crippen molar-refractivity contribution in [3.05, 3.63) is 36.9 Å². The third-order valence-corrected chi connectivity index (χ3v) is 2.49. The Labute approximate surface area is 88.0 Å². The molecule has 2 aromatic rings. The van der Waals surface area contributed by atoms with Crippen molar-refractivity contribution >= 4 is 5.95 Å². The minimum Gasteiger partial charge on any atom is -0.353 e. The monoisotopic (exact) mass is 200 g/mol. The summed E-state index contributed by atoms with van der Waals surface area (Å²) in [5.74, 6) is 0.920. The molecule has 15 heavy (non-hydrogen) atoms. The number of hydrogen-bond acceptors (Lipinski definition) is 3. The number of hydrogen-bond donors (Lipinski definition) is 1. The van der Waals surface area contributed by atoms with E-state index in [1.54, 1.807) is 12.4 Å². The van der Waals surface area contributed by atoms with E-state index >= 15 is 0 Å². The number of pyridine rings is 1. The molecule has 0 bridgehead atoms. The van der Waals surface area contributed by atoms with Gasteiger partial charge >= 0.3 is 0 Å². The fourth-order valence-corrected chi connectivity index (χ4v) is 1.53. The van der Waals surface area contributed by atoms with Crippen LogP contribution in [0.1, 0.15) is 12.8 Å². The molecule has 76 valence electrons. The second-order valence-electron chi connectivity index (χ2n) is 3.74. The SMILES string of the molecule is c1cc(-n2ccnc2NC2CC2)ccn1. The van der Waals surface area contributed by atoms with Gasteiger partial charge in [-0.05, 0) is 25.0 Å². The van der Waals surface area contributed by atoms with Crippen molar-refractivity contribution in [1.29, 1.82) is 0 Å². The van der Waals surface area contributed by atoms with E-state index in [9.17, 15) is 0 Å². The van der Waals surface area contributed by atoms with Crippen LogP contribution in [0.4, 0.5) is 5.95 Å². The number of imidazole rings is 1. The average molecular weight is 200 g/mol. The van der Waals surface area contributed by atoms with Crippen LogP contribution in [0.2, 0.25) is 0 Å². The largest absolute Gasteiger partial charge is 0.353 e. The maximum atomic E-state index is 4.30. The van der Waals surface area contributed by atoms with Gasteiger partial charge in [-0.1, -0.05) is 0 Å². The summed E-state index contributed by atoms with van der Waals surface area (Å²) in [6.45, 7) is 0. The zero-order chi connectivity index (χ0) is 10.1. The lowest BCUT2D eigenvalue weighted by Gasteiger charge is -2.08. The molecule has 0 radical (unpaired) electrons. The molecule has 4 nitrogen and oxygen atoms in total. The van der Waals surface area contributed by atoms with Gasteiger partial charge in [-0.3, -0.25) is 9.55 Å². The van der Waals surface area contributed by atoms with Crippen molar-refractivity contribution in [1.82, 2.24) is 14.5 Å². The molecule has 0 unspecified atom stereocenters. The molecule has 0 spiro atoms. The predicted octanol–water partition coefficient (Wildman–Crippen LogP) is 1.84. The molecular formula is C11H12N4. The van der Waals surface area contributed by atoms with E-state index in [0.29, 0.717) is 6.04 Å². The van der Waals surface area contributed by atoms with Crippen molar-refractivity contribution in [3.63, 3.8) is 0 Å². The fourth-order valence-electron chi connectivity index (χ4n) is 1.53. The Balaban J connectivity index is 1.93. The van der Waals surface area contributed by atoms with Crippen LogP contribution in [-0.2, 0) is 0 Å². The molecule has 4 heteroatoms. The molecule has 0 saturated heterocycles. The third-order valence-electron chi connectivity index (χ3n) is 2.49. The molecule has 1 aliphatic rings. The van der Waals surface area contributed by atoms with Gasteiger partial charge in [0.15, 0.2) is 0 Å². The van der Waals surface area contributed by atoms with Crippen molar-refractivity contribution in [3.8, 4) is 5.69 Å². The lowest BCUT2D eigenvalue weighted by molar-refractivity contribution is 0.998. The minimum absolute atomic E-state index is 0.619. The molecule has 0 atom stereocenters. The van der Waals surface area contributed by atoms with E-state index < -0.39 is 0 Å². The highest BCUT2D eigenvalue weighted by Gasteiger charge is 2.22. The maximum Gasteiger partial charge on any atom is 0.207 e. The van der Waals surface area contributed by atoms with Crippen molar-refractivity contribution < 1.29 is 0 Å². The van der Waals surface area contributed by atoms with E-state index in [1.165, 1.54) is 12.8 Å². The van der Waals surface area contributed by atoms with Crippen LogP contribution in [-0.4, -0.2) is 20.6 Å². The van der Waals surface area contributed by atoms with Crippen LogP contribution < -0.4 is 5.32 Å². The highest BCUT2D eigenvalue weighted by atomic mass is 15.2. The third kappa shape index (κ3) is 1.70. The van der Waals surface area contributed by atoms with Crippen LogP contribution in [0.5, 0.6) is 0 Å². The van der Waals surface area contributed by atoms with Gasteiger partial charge in [0.1, 0.15) is 0 Å². The topological polar surface area (TPSA) is 42.7 Å². The predicted molar refractivity (Wildman–Crippen MR) is 58.0 cm³/mol. The fraction of sp³-hybridized carbons (Fsp3) is 0.273. The van der Waals surface area contributed by atoms with Gasteiger partial charge in [0.05, 0.1) is 5.69 Å². The highest BCUT2D eigenvalue weighted by molar-refractivity contribution is 5.41. The van der Waals surface area contributed by atoms with Gasteiger partial charge in [0, 0.05) is 30.8 Å².